The molecule has 0 bridgehead atoms. The lowest BCUT2D eigenvalue weighted by molar-refractivity contribution is -0.144. The zero-order valence-corrected chi connectivity index (χ0v) is 11.9. The Labute approximate surface area is 123 Å². The molecule has 0 amide bonds. The van der Waals surface area contributed by atoms with E-state index in [2.05, 4.69) is 0 Å². The highest BCUT2D eigenvalue weighted by Crippen LogP contribution is 2.31. The van der Waals surface area contributed by atoms with Crippen LogP contribution in [0.3, 0.4) is 0 Å². The van der Waals surface area contributed by atoms with Crippen LogP contribution in [-0.2, 0) is 9.53 Å². The minimum Gasteiger partial charge on any atom is -0.486 e. The molecule has 1 heterocycles. The Morgan fingerprint density at radius 1 is 1.19 bits per heavy atom. The zero-order valence-electron chi connectivity index (χ0n) is 11.9. The summed E-state index contributed by atoms with van der Waals surface area (Å²) in [6.07, 6.45) is 3.05. The molecule has 0 aromatic heterocycles. The van der Waals surface area contributed by atoms with Crippen molar-refractivity contribution < 1.29 is 24.1 Å². The summed E-state index contributed by atoms with van der Waals surface area (Å²) in [5.41, 5.74) is 0. The Bertz CT molecular complexity index is 493. The molecule has 0 spiro atoms. The third kappa shape index (κ3) is 3.47. The summed E-state index contributed by atoms with van der Waals surface area (Å²) in [7, 11) is 0. The van der Waals surface area contributed by atoms with Crippen molar-refractivity contribution in [2.24, 2.45) is 5.92 Å². The molecule has 0 saturated heterocycles. The lowest BCUT2D eigenvalue weighted by Gasteiger charge is -2.30. The van der Waals surface area contributed by atoms with Crippen LogP contribution in [0.5, 0.6) is 11.5 Å². The number of hydrogen-bond acceptors (Lipinski definition) is 4. The highest BCUT2D eigenvalue weighted by atomic mass is 16.6. The summed E-state index contributed by atoms with van der Waals surface area (Å²) in [5, 5.41) is 8.97. The second-order valence-electron chi connectivity index (χ2n) is 5.64. The molecular weight excluding hydrogens is 272 g/mol. The van der Waals surface area contributed by atoms with E-state index in [0.29, 0.717) is 26.1 Å². The van der Waals surface area contributed by atoms with Gasteiger partial charge in [0.1, 0.15) is 6.61 Å². The first kappa shape index (κ1) is 14.2. The van der Waals surface area contributed by atoms with Crippen molar-refractivity contribution in [3.8, 4) is 11.5 Å². The molecule has 1 fully saturated rings. The molecule has 21 heavy (non-hydrogen) atoms. The highest BCUT2D eigenvalue weighted by Gasteiger charge is 2.28. The number of aliphatic carboxylic acids is 1. The van der Waals surface area contributed by atoms with Crippen LogP contribution in [0, 0.1) is 5.92 Å². The molecule has 1 aromatic rings. The van der Waals surface area contributed by atoms with Gasteiger partial charge in [0.25, 0.3) is 0 Å². The Balaban J connectivity index is 1.44. The standard InChI is InChI=1S/C16H20O5/c17-16(18)11-5-7-12(8-6-11)19-9-13-10-20-14-3-1-2-4-15(14)21-13/h1-4,11-13H,5-10H2,(H,17,18). The van der Waals surface area contributed by atoms with E-state index >= 15 is 0 Å². The molecule has 5 heteroatoms. The highest BCUT2D eigenvalue weighted by molar-refractivity contribution is 5.70. The largest absolute Gasteiger partial charge is 0.486 e. The van der Waals surface area contributed by atoms with Crippen molar-refractivity contribution in [1.29, 1.82) is 0 Å². The quantitative estimate of drug-likeness (QED) is 0.923. The van der Waals surface area contributed by atoms with Gasteiger partial charge in [-0.25, -0.2) is 0 Å². The lowest BCUT2D eigenvalue weighted by atomic mass is 9.87. The van der Waals surface area contributed by atoms with Crippen LogP contribution in [0.15, 0.2) is 24.3 Å². The van der Waals surface area contributed by atoms with E-state index in [-0.39, 0.29) is 18.1 Å². The Hall–Kier alpha value is -1.75. The van der Waals surface area contributed by atoms with Crippen LogP contribution in [0.4, 0.5) is 0 Å². The topological polar surface area (TPSA) is 65.0 Å². The van der Waals surface area contributed by atoms with Gasteiger partial charge in [-0.05, 0) is 37.8 Å². The summed E-state index contributed by atoms with van der Waals surface area (Å²) in [5.74, 6) is 0.641. The van der Waals surface area contributed by atoms with Crippen LogP contribution in [0.25, 0.3) is 0 Å². The van der Waals surface area contributed by atoms with E-state index in [9.17, 15) is 4.79 Å². The number of benzene rings is 1. The maximum absolute atomic E-state index is 10.9. The third-order valence-corrected chi connectivity index (χ3v) is 4.11. The van der Waals surface area contributed by atoms with E-state index in [0.717, 1.165) is 24.3 Å². The Morgan fingerprint density at radius 3 is 2.62 bits per heavy atom. The Morgan fingerprint density at radius 2 is 1.90 bits per heavy atom. The minimum atomic E-state index is -0.686. The van der Waals surface area contributed by atoms with Crippen molar-refractivity contribution in [2.75, 3.05) is 13.2 Å². The van der Waals surface area contributed by atoms with Gasteiger partial charge in [-0.3, -0.25) is 4.79 Å². The van der Waals surface area contributed by atoms with Gasteiger partial charge in [-0.1, -0.05) is 12.1 Å². The van der Waals surface area contributed by atoms with Gasteiger partial charge in [-0.15, -0.1) is 0 Å². The van der Waals surface area contributed by atoms with Crippen molar-refractivity contribution in [2.45, 2.75) is 37.9 Å². The predicted octanol–water partition coefficient (Wildman–Crippen LogP) is 2.49. The van der Waals surface area contributed by atoms with Gasteiger partial charge in [0.2, 0.25) is 0 Å². The van der Waals surface area contributed by atoms with Gasteiger partial charge in [0.15, 0.2) is 17.6 Å². The first-order chi connectivity index (χ1) is 10.2. The fourth-order valence-corrected chi connectivity index (χ4v) is 2.87. The molecule has 3 rings (SSSR count). The smallest absolute Gasteiger partial charge is 0.306 e. The van der Waals surface area contributed by atoms with Gasteiger partial charge in [0, 0.05) is 0 Å². The lowest BCUT2D eigenvalue weighted by Crippen LogP contribution is -2.36. The van der Waals surface area contributed by atoms with Crippen LogP contribution in [0.1, 0.15) is 25.7 Å². The molecule has 1 aromatic carbocycles. The fraction of sp³-hybridized carbons (Fsp3) is 0.562. The monoisotopic (exact) mass is 292 g/mol. The van der Waals surface area contributed by atoms with Crippen LogP contribution in [-0.4, -0.2) is 36.5 Å². The maximum Gasteiger partial charge on any atom is 0.306 e. The summed E-state index contributed by atoms with van der Waals surface area (Å²) >= 11 is 0. The number of rotatable bonds is 4. The van der Waals surface area contributed by atoms with Crippen molar-refractivity contribution in [3.63, 3.8) is 0 Å². The number of fused-ring (bicyclic) bond motifs is 1. The number of hydrogen-bond donors (Lipinski definition) is 1. The van der Waals surface area contributed by atoms with Crippen LogP contribution < -0.4 is 9.47 Å². The molecule has 114 valence electrons. The number of carboxylic acid groups (broad SMARTS) is 1. The number of carbonyl (C=O) groups is 1. The van der Waals surface area contributed by atoms with E-state index in [1.54, 1.807) is 0 Å². The zero-order chi connectivity index (χ0) is 14.7. The van der Waals surface area contributed by atoms with E-state index in [4.69, 9.17) is 19.3 Å². The molecular formula is C16H20O5. The molecule has 1 N–H and O–H groups in total. The average Bonchev–Trinajstić information content (AvgIpc) is 2.53. The molecule has 1 atom stereocenters. The van der Waals surface area contributed by atoms with Crippen molar-refractivity contribution in [3.05, 3.63) is 24.3 Å². The van der Waals surface area contributed by atoms with Gasteiger partial charge in [-0.2, -0.15) is 0 Å². The van der Waals surface area contributed by atoms with Gasteiger partial charge < -0.3 is 19.3 Å². The number of ether oxygens (including phenoxy) is 3. The minimum absolute atomic E-state index is 0.0999. The predicted molar refractivity (Wildman–Crippen MR) is 75.7 cm³/mol. The summed E-state index contributed by atoms with van der Waals surface area (Å²) in [6.45, 7) is 0.970. The molecule has 1 aliphatic heterocycles. The fourth-order valence-electron chi connectivity index (χ4n) is 2.87. The molecule has 1 unspecified atom stereocenters. The Kier molecular flexibility index (Phi) is 4.29. The molecule has 0 radical (unpaired) electrons. The first-order valence-electron chi connectivity index (χ1n) is 7.45. The number of carboxylic acids is 1. The summed E-state index contributed by atoms with van der Waals surface area (Å²) in [6, 6.07) is 7.61. The van der Waals surface area contributed by atoms with Crippen molar-refractivity contribution >= 4 is 5.97 Å². The third-order valence-electron chi connectivity index (χ3n) is 4.11. The number of para-hydroxylation sites is 2. The summed E-state index contributed by atoms with van der Waals surface area (Å²) in [4.78, 5) is 10.9. The summed E-state index contributed by atoms with van der Waals surface area (Å²) < 4.78 is 17.3. The van der Waals surface area contributed by atoms with Crippen LogP contribution in [0.2, 0.25) is 0 Å². The normalized spacial score (nSPS) is 28.1. The van der Waals surface area contributed by atoms with E-state index in [1.807, 2.05) is 24.3 Å². The van der Waals surface area contributed by atoms with E-state index in [1.165, 1.54) is 0 Å². The second-order valence-corrected chi connectivity index (χ2v) is 5.64. The maximum atomic E-state index is 10.9. The van der Waals surface area contributed by atoms with Gasteiger partial charge >= 0.3 is 5.97 Å². The first-order valence-corrected chi connectivity index (χ1v) is 7.45. The second kappa shape index (κ2) is 6.35. The van der Waals surface area contributed by atoms with Crippen LogP contribution >= 0.6 is 0 Å². The van der Waals surface area contributed by atoms with E-state index < -0.39 is 5.97 Å². The van der Waals surface area contributed by atoms with Crippen molar-refractivity contribution in [1.82, 2.24) is 0 Å². The molecule has 5 nitrogen and oxygen atoms in total. The average molecular weight is 292 g/mol. The SMILES string of the molecule is O=C(O)C1CCC(OCC2COc3ccccc3O2)CC1. The molecule has 1 saturated carbocycles. The molecule has 1 aliphatic carbocycles. The van der Waals surface area contributed by atoms with Gasteiger partial charge in [0.05, 0.1) is 18.6 Å². The molecule has 2 aliphatic rings.